The van der Waals surface area contributed by atoms with Crippen LogP contribution in [-0.4, -0.2) is 20.2 Å². The van der Waals surface area contributed by atoms with Gasteiger partial charge in [0.2, 0.25) is 0 Å². The van der Waals surface area contributed by atoms with Gasteiger partial charge in [0.1, 0.15) is 0 Å². The third-order valence-electron chi connectivity index (χ3n) is 1.51. The van der Waals surface area contributed by atoms with Gasteiger partial charge in [-0.25, -0.2) is 8.42 Å². The predicted octanol–water partition coefficient (Wildman–Crippen LogP) is 1.66. The first-order valence-corrected chi connectivity index (χ1v) is 7.11. The second-order valence-corrected chi connectivity index (χ2v) is 7.15. The van der Waals surface area contributed by atoms with Gasteiger partial charge in [0.25, 0.3) is 0 Å². The van der Waals surface area contributed by atoms with Gasteiger partial charge in [0.15, 0.2) is 9.84 Å². The molecule has 0 bridgehead atoms. The minimum absolute atomic E-state index is 0.0164. The molecule has 3 nitrogen and oxygen atoms in total. The minimum Gasteiger partial charge on any atom is -0.327 e. The zero-order valence-corrected chi connectivity index (χ0v) is 10.1. The summed E-state index contributed by atoms with van der Waals surface area (Å²) >= 11 is 6.98. The lowest BCUT2D eigenvalue weighted by atomic mass is 10.4. The van der Waals surface area contributed by atoms with Crippen LogP contribution in [0.3, 0.4) is 0 Å². The van der Waals surface area contributed by atoms with Crippen LogP contribution in [0, 0.1) is 0 Å². The Hall–Kier alpha value is -0.100. The highest BCUT2D eigenvalue weighted by molar-refractivity contribution is 7.90. The third-order valence-corrected chi connectivity index (χ3v) is 4.71. The molecule has 1 aromatic rings. The van der Waals surface area contributed by atoms with Crippen molar-refractivity contribution in [1.29, 1.82) is 0 Å². The van der Waals surface area contributed by atoms with E-state index in [1.165, 1.54) is 11.3 Å². The van der Waals surface area contributed by atoms with Crippen molar-refractivity contribution in [2.75, 3.05) is 5.75 Å². The molecule has 0 fully saturated rings. The van der Waals surface area contributed by atoms with Crippen LogP contribution < -0.4 is 5.73 Å². The van der Waals surface area contributed by atoms with E-state index in [0.717, 1.165) is 4.88 Å². The molecule has 0 aliphatic carbocycles. The third kappa shape index (κ3) is 3.96. The summed E-state index contributed by atoms with van der Waals surface area (Å²) in [5.41, 5.74) is 5.44. The first-order valence-electron chi connectivity index (χ1n) is 4.09. The second kappa shape index (κ2) is 4.61. The Morgan fingerprint density at radius 2 is 2.21 bits per heavy atom. The first kappa shape index (κ1) is 12.0. The fourth-order valence-electron chi connectivity index (χ4n) is 1.11. The summed E-state index contributed by atoms with van der Waals surface area (Å²) in [5.74, 6) is 0.0500. The Kier molecular flexibility index (Phi) is 3.94. The number of nitrogens with two attached hydrogens (primary N) is 1. The number of sulfone groups is 1. The summed E-state index contributed by atoms with van der Waals surface area (Å²) < 4.78 is 23.6. The average Bonchev–Trinajstić information content (AvgIpc) is 2.30. The van der Waals surface area contributed by atoms with Gasteiger partial charge in [-0.1, -0.05) is 11.6 Å². The van der Waals surface area contributed by atoms with Crippen LogP contribution in [0.25, 0.3) is 0 Å². The van der Waals surface area contributed by atoms with E-state index < -0.39 is 9.84 Å². The summed E-state index contributed by atoms with van der Waals surface area (Å²) in [5, 5.41) is 0. The molecule has 80 valence electrons. The van der Waals surface area contributed by atoms with Gasteiger partial charge in [-0.15, -0.1) is 11.3 Å². The predicted molar refractivity (Wildman–Crippen MR) is 60.5 cm³/mol. The fourth-order valence-corrected chi connectivity index (χ4v) is 4.21. The lowest BCUT2D eigenvalue weighted by Crippen LogP contribution is -2.26. The van der Waals surface area contributed by atoms with Gasteiger partial charge < -0.3 is 5.73 Å². The Balaban J connectivity index is 2.69. The van der Waals surface area contributed by atoms with Crippen molar-refractivity contribution in [1.82, 2.24) is 0 Å². The molecular formula is C8H12ClNO2S2. The number of rotatable bonds is 4. The van der Waals surface area contributed by atoms with Crippen LogP contribution in [-0.2, 0) is 15.6 Å². The summed E-state index contributed by atoms with van der Waals surface area (Å²) in [7, 11) is -3.09. The molecule has 1 atom stereocenters. The molecule has 0 amide bonds. The molecule has 0 spiro atoms. The maximum absolute atomic E-state index is 11.5. The van der Waals surface area contributed by atoms with Gasteiger partial charge in [-0.3, -0.25) is 0 Å². The van der Waals surface area contributed by atoms with Crippen molar-refractivity contribution < 1.29 is 8.42 Å². The van der Waals surface area contributed by atoms with E-state index in [4.69, 9.17) is 17.3 Å². The highest BCUT2D eigenvalue weighted by Crippen LogP contribution is 2.23. The lowest BCUT2D eigenvalue weighted by molar-refractivity contribution is 0.589. The largest absolute Gasteiger partial charge is 0.327 e. The number of hydrogen-bond acceptors (Lipinski definition) is 4. The minimum atomic E-state index is -3.09. The van der Waals surface area contributed by atoms with E-state index in [-0.39, 0.29) is 17.5 Å². The van der Waals surface area contributed by atoms with E-state index in [2.05, 4.69) is 0 Å². The van der Waals surface area contributed by atoms with E-state index in [1.54, 1.807) is 19.1 Å². The summed E-state index contributed by atoms with van der Waals surface area (Å²) in [6.45, 7) is 1.68. The molecule has 0 saturated carbocycles. The molecule has 14 heavy (non-hydrogen) atoms. The fraction of sp³-hybridized carbons (Fsp3) is 0.500. The van der Waals surface area contributed by atoms with Crippen molar-refractivity contribution in [3.63, 3.8) is 0 Å². The molecule has 2 N–H and O–H groups in total. The molecule has 1 unspecified atom stereocenters. The van der Waals surface area contributed by atoms with E-state index in [0.29, 0.717) is 4.34 Å². The van der Waals surface area contributed by atoms with Crippen molar-refractivity contribution >= 4 is 32.8 Å². The van der Waals surface area contributed by atoms with Crippen LogP contribution in [0.1, 0.15) is 11.8 Å². The summed E-state index contributed by atoms with van der Waals surface area (Å²) in [6, 6.07) is 3.10. The monoisotopic (exact) mass is 253 g/mol. The molecule has 1 rings (SSSR count). The second-order valence-electron chi connectivity index (χ2n) is 3.24. The maximum atomic E-state index is 11.5. The van der Waals surface area contributed by atoms with E-state index in [1.807, 2.05) is 0 Å². The molecule has 1 aromatic heterocycles. The summed E-state index contributed by atoms with van der Waals surface area (Å²) in [6.07, 6.45) is 0. The standard InChI is InChI=1S/C8H12ClNO2S2/c1-6(10)4-14(11,12)5-7-2-3-8(9)13-7/h2-3,6H,4-5,10H2,1H3. The molecule has 0 radical (unpaired) electrons. The van der Waals surface area contributed by atoms with Gasteiger partial charge in [0, 0.05) is 10.9 Å². The highest BCUT2D eigenvalue weighted by atomic mass is 35.5. The van der Waals surface area contributed by atoms with Gasteiger partial charge in [0.05, 0.1) is 15.8 Å². The smallest absolute Gasteiger partial charge is 0.156 e. The number of thiophene rings is 1. The average molecular weight is 254 g/mol. The van der Waals surface area contributed by atoms with E-state index >= 15 is 0 Å². The Bertz CT molecular complexity index is 397. The highest BCUT2D eigenvalue weighted by Gasteiger charge is 2.15. The first-order chi connectivity index (χ1) is 6.39. The maximum Gasteiger partial charge on any atom is 0.156 e. The zero-order valence-electron chi connectivity index (χ0n) is 7.73. The topological polar surface area (TPSA) is 60.2 Å². The molecule has 0 aliphatic rings. The summed E-state index contributed by atoms with van der Waals surface area (Å²) in [4.78, 5) is 0.760. The van der Waals surface area contributed by atoms with Crippen LogP contribution >= 0.6 is 22.9 Å². The molecule has 0 aromatic carbocycles. The van der Waals surface area contributed by atoms with Crippen LogP contribution in [0.15, 0.2) is 12.1 Å². The van der Waals surface area contributed by atoms with Gasteiger partial charge in [-0.05, 0) is 19.1 Å². The molecular weight excluding hydrogens is 242 g/mol. The van der Waals surface area contributed by atoms with Crippen LogP contribution in [0.5, 0.6) is 0 Å². The van der Waals surface area contributed by atoms with Gasteiger partial charge >= 0.3 is 0 Å². The molecule has 0 saturated heterocycles. The van der Waals surface area contributed by atoms with Crippen molar-refractivity contribution in [3.8, 4) is 0 Å². The number of halogens is 1. The zero-order chi connectivity index (χ0) is 10.8. The SMILES string of the molecule is CC(N)CS(=O)(=O)Cc1ccc(Cl)s1. The molecule has 0 aliphatic heterocycles. The Morgan fingerprint density at radius 1 is 1.57 bits per heavy atom. The van der Waals surface area contributed by atoms with Gasteiger partial charge in [-0.2, -0.15) is 0 Å². The van der Waals surface area contributed by atoms with Crippen molar-refractivity contribution in [3.05, 3.63) is 21.3 Å². The van der Waals surface area contributed by atoms with Crippen LogP contribution in [0.2, 0.25) is 4.34 Å². The Labute approximate surface area is 92.8 Å². The normalized spacial score (nSPS) is 14.2. The quantitative estimate of drug-likeness (QED) is 0.888. The Morgan fingerprint density at radius 3 is 2.64 bits per heavy atom. The van der Waals surface area contributed by atoms with Crippen molar-refractivity contribution in [2.24, 2.45) is 5.73 Å². The van der Waals surface area contributed by atoms with Crippen molar-refractivity contribution in [2.45, 2.75) is 18.7 Å². The number of hydrogen-bond donors (Lipinski definition) is 1. The molecule has 6 heteroatoms. The van der Waals surface area contributed by atoms with Crippen LogP contribution in [0.4, 0.5) is 0 Å². The molecule has 1 heterocycles. The van der Waals surface area contributed by atoms with E-state index in [9.17, 15) is 8.42 Å². The lowest BCUT2D eigenvalue weighted by Gasteiger charge is -2.05.